The lowest BCUT2D eigenvalue weighted by molar-refractivity contribution is 0.264. The molecular weight excluding hydrogens is 354 g/mol. The molecule has 0 radical (unpaired) electrons. The molecule has 0 aromatic carbocycles. The van der Waals surface area contributed by atoms with E-state index in [1.165, 1.54) is 18.6 Å². The molecule has 5 nitrogen and oxygen atoms in total. The number of hydrogen-bond acceptors (Lipinski definition) is 4. The highest BCUT2D eigenvalue weighted by Crippen LogP contribution is 2.34. The van der Waals surface area contributed by atoms with E-state index in [-0.39, 0.29) is 0 Å². The third-order valence-corrected chi connectivity index (χ3v) is 6.46. The van der Waals surface area contributed by atoms with E-state index in [1.54, 1.807) is 0 Å². The molecule has 134 valence electrons. The van der Waals surface area contributed by atoms with Crippen molar-refractivity contribution in [2.45, 2.75) is 26.2 Å². The van der Waals surface area contributed by atoms with Gasteiger partial charge in [0.05, 0.1) is 6.20 Å². The van der Waals surface area contributed by atoms with E-state index < -0.39 is 0 Å². The van der Waals surface area contributed by atoms with Crippen molar-refractivity contribution in [3.05, 3.63) is 24.3 Å². The van der Waals surface area contributed by atoms with Gasteiger partial charge in [-0.2, -0.15) is 11.8 Å². The van der Waals surface area contributed by atoms with Crippen molar-refractivity contribution in [1.29, 1.82) is 0 Å². The SMILES string of the molecule is CSCC1(C)CCN(n2c(CCCl)nc3cnc4[nH]ccc4c32)CC1. The first-order chi connectivity index (χ1) is 12.1. The molecule has 25 heavy (non-hydrogen) atoms. The molecule has 1 saturated heterocycles. The van der Waals surface area contributed by atoms with Crippen LogP contribution in [0.25, 0.3) is 22.1 Å². The van der Waals surface area contributed by atoms with Gasteiger partial charge in [0.1, 0.15) is 22.5 Å². The van der Waals surface area contributed by atoms with E-state index in [4.69, 9.17) is 16.6 Å². The minimum absolute atomic E-state index is 0.434. The fraction of sp³-hybridized carbons (Fsp3) is 0.556. The largest absolute Gasteiger partial charge is 0.346 e. The summed E-state index contributed by atoms with van der Waals surface area (Å²) in [5, 5.41) is 3.58. The Morgan fingerprint density at radius 2 is 2.16 bits per heavy atom. The zero-order valence-electron chi connectivity index (χ0n) is 14.8. The summed E-state index contributed by atoms with van der Waals surface area (Å²) in [4.78, 5) is 12.5. The van der Waals surface area contributed by atoms with Crippen LogP contribution in [0.3, 0.4) is 0 Å². The van der Waals surface area contributed by atoms with Gasteiger partial charge in [0.25, 0.3) is 0 Å². The summed E-state index contributed by atoms with van der Waals surface area (Å²) in [7, 11) is 0. The molecule has 4 rings (SSSR count). The Kier molecular flexibility index (Phi) is 4.58. The molecule has 0 amide bonds. The fourth-order valence-electron chi connectivity index (χ4n) is 3.88. The lowest BCUT2D eigenvalue weighted by Gasteiger charge is -2.41. The number of pyridine rings is 1. The Hall–Kier alpha value is -1.40. The second-order valence-electron chi connectivity index (χ2n) is 7.21. The van der Waals surface area contributed by atoms with Crippen molar-refractivity contribution in [2.24, 2.45) is 5.41 Å². The van der Waals surface area contributed by atoms with E-state index in [0.717, 1.165) is 47.4 Å². The number of aryl methyl sites for hydroxylation is 1. The first-order valence-corrected chi connectivity index (χ1v) is 10.7. The predicted molar refractivity (Wildman–Crippen MR) is 107 cm³/mol. The number of H-pyrrole nitrogens is 1. The number of hydrogen-bond donors (Lipinski definition) is 1. The maximum Gasteiger partial charge on any atom is 0.139 e. The molecule has 0 aliphatic carbocycles. The molecule has 0 unspecified atom stereocenters. The molecule has 3 aromatic rings. The molecule has 3 aromatic heterocycles. The molecule has 1 fully saturated rings. The van der Waals surface area contributed by atoms with Gasteiger partial charge in [0, 0.05) is 37.0 Å². The predicted octanol–water partition coefficient (Wildman–Crippen LogP) is 3.80. The normalized spacial score (nSPS) is 17.6. The van der Waals surface area contributed by atoms with Gasteiger partial charge < -0.3 is 9.99 Å². The van der Waals surface area contributed by atoms with Crippen molar-refractivity contribution in [3.63, 3.8) is 0 Å². The first kappa shape index (κ1) is 17.0. The van der Waals surface area contributed by atoms with Gasteiger partial charge in [-0.1, -0.05) is 6.92 Å². The number of aromatic amines is 1. The van der Waals surface area contributed by atoms with Gasteiger partial charge in [-0.15, -0.1) is 11.6 Å². The van der Waals surface area contributed by atoms with Crippen LogP contribution < -0.4 is 5.01 Å². The van der Waals surface area contributed by atoms with Crippen LogP contribution in [0.1, 0.15) is 25.6 Å². The zero-order chi connectivity index (χ0) is 17.4. The topological polar surface area (TPSA) is 49.7 Å². The number of aromatic nitrogens is 4. The second-order valence-corrected chi connectivity index (χ2v) is 8.45. The van der Waals surface area contributed by atoms with Gasteiger partial charge in [-0.05, 0) is 36.3 Å². The van der Waals surface area contributed by atoms with Crippen molar-refractivity contribution < 1.29 is 0 Å². The Morgan fingerprint density at radius 3 is 2.88 bits per heavy atom. The highest BCUT2D eigenvalue weighted by Gasteiger charge is 2.31. The van der Waals surface area contributed by atoms with Crippen LogP contribution in [-0.4, -0.2) is 50.6 Å². The number of alkyl halides is 1. The van der Waals surface area contributed by atoms with Crippen LogP contribution in [-0.2, 0) is 6.42 Å². The molecule has 0 spiro atoms. The number of halogens is 1. The van der Waals surface area contributed by atoms with Crippen molar-refractivity contribution in [3.8, 4) is 0 Å². The van der Waals surface area contributed by atoms with E-state index >= 15 is 0 Å². The summed E-state index contributed by atoms with van der Waals surface area (Å²) < 4.78 is 2.31. The quantitative estimate of drug-likeness (QED) is 0.687. The summed E-state index contributed by atoms with van der Waals surface area (Å²) in [6.45, 7) is 4.51. The molecule has 1 aliphatic heterocycles. The van der Waals surface area contributed by atoms with Crippen LogP contribution >= 0.6 is 23.4 Å². The average Bonchev–Trinajstić information content (AvgIpc) is 3.20. The molecular formula is C18H24ClN5S. The number of thioether (sulfide) groups is 1. The number of nitrogens with zero attached hydrogens (tertiary/aromatic N) is 4. The Balaban J connectivity index is 1.77. The van der Waals surface area contributed by atoms with Crippen LogP contribution in [0.4, 0.5) is 0 Å². The zero-order valence-corrected chi connectivity index (χ0v) is 16.3. The van der Waals surface area contributed by atoms with E-state index in [0.29, 0.717) is 11.3 Å². The molecule has 0 saturated carbocycles. The summed E-state index contributed by atoms with van der Waals surface area (Å²) in [6.07, 6.45) is 9.19. The van der Waals surface area contributed by atoms with Gasteiger partial charge in [-0.3, -0.25) is 0 Å². The number of rotatable bonds is 5. The van der Waals surface area contributed by atoms with Crippen molar-refractivity contribution in [1.82, 2.24) is 19.6 Å². The lowest BCUT2D eigenvalue weighted by Crippen LogP contribution is -2.46. The molecule has 4 heterocycles. The second kappa shape index (κ2) is 6.72. The first-order valence-electron chi connectivity index (χ1n) is 8.79. The van der Waals surface area contributed by atoms with Crippen LogP contribution in [0.15, 0.2) is 18.5 Å². The molecule has 7 heteroatoms. The van der Waals surface area contributed by atoms with Gasteiger partial charge >= 0.3 is 0 Å². The third-order valence-electron chi connectivity index (χ3n) is 5.29. The van der Waals surface area contributed by atoms with E-state index in [9.17, 15) is 0 Å². The standard InChI is InChI=1S/C18H24ClN5S/c1-18(12-25-2)5-9-23(10-6-18)24-15(3-7-19)22-14-11-21-17-13(16(14)24)4-8-20-17/h4,8,11H,3,5-7,9-10,12H2,1-2H3,(H,20,21). The highest BCUT2D eigenvalue weighted by atomic mass is 35.5. The monoisotopic (exact) mass is 377 g/mol. The fourth-order valence-corrected chi connectivity index (χ4v) is 5.04. The van der Waals surface area contributed by atoms with Crippen LogP contribution in [0.5, 0.6) is 0 Å². The maximum absolute atomic E-state index is 6.06. The van der Waals surface area contributed by atoms with Gasteiger partial charge in [0.2, 0.25) is 0 Å². The molecule has 1 aliphatic rings. The summed E-state index contributed by atoms with van der Waals surface area (Å²) in [5.41, 5.74) is 3.45. The van der Waals surface area contributed by atoms with Crippen molar-refractivity contribution in [2.75, 3.05) is 36.0 Å². The Morgan fingerprint density at radius 1 is 1.36 bits per heavy atom. The molecule has 1 N–H and O–H groups in total. The minimum Gasteiger partial charge on any atom is -0.346 e. The Bertz CT molecular complexity index is 878. The number of imidazole rings is 1. The van der Waals surface area contributed by atoms with Crippen molar-refractivity contribution >= 4 is 45.4 Å². The van der Waals surface area contributed by atoms with Crippen LogP contribution in [0.2, 0.25) is 0 Å². The van der Waals surface area contributed by atoms with Crippen LogP contribution in [0, 0.1) is 5.41 Å². The minimum atomic E-state index is 0.434. The summed E-state index contributed by atoms with van der Waals surface area (Å²) in [5.74, 6) is 2.84. The molecule has 0 bridgehead atoms. The Labute approximate surface area is 157 Å². The van der Waals surface area contributed by atoms with E-state index in [1.807, 2.05) is 24.2 Å². The smallest absolute Gasteiger partial charge is 0.139 e. The number of nitrogens with one attached hydrogen (secondary N) is 1. The number of piperidine rings is 1. The van der Waals surface area contributed by atoms with Gasteiger partial charge in [0.15, 0.2) is 0 Å². The lowest BCUT2D eigenvalue weighted by atomic mass is 9.83. The van der Waals surface area contributed by atoms with Gasteiger partial charge in [-0.25, -0.2) is 14.6 Å². The summed E-state index contributed by atoms with van der Waals surface area (Å²) >= 11 is 8.02. The molecule has 0 atom stereocenters. The average molecular weight is 378 g/mol. The third kappa shape index (κ3) is 2.99. The maximum atomic E-state index is 6.06. The summed E-state index contributed by atoms with van der Waals surface area (Å²) in [6, 6.07) is 2.09. The number of fused-ring (bicyclic) bond motifs is 3. The van der Waals surface area contributed by atoms with E-state index in [2.05, 4.69) is 38.9 Å². The highest BCUT2D eigenvalue weighted by molar-refractivity contribution is 7.98.